The molecule has 3 aromatic rings. The summed E-state index contributed by atoms with van der Waals surface area (Å²) in [7, 11) is 0. The van der Waals surface area contributed by atoms with Crippen LogP contribution in [-0.4, -0.2) is 49.0 Å². The number of benzene rings is 3. The Morgan fingerprint density at radius 3 is 2.44 bits per heavy atom. The van der Waals surface area contributed by atoms with Gasteiger partial charge in [-0.2, -0.15) is 0 Å². The molecule has 0 aliphatic carbocycles. The summed E-state index contributed by atoms with van der Waals surface area (Å²) in [6.07, 6.45) is 1.77. The first-order chi connectivity index (χ1) is 20.5. The second-order valence-electron chi connectivity index (χ2n) is 11.8. The number of carbonyl (C=O) groups is 2. The van der Waals surface area contributed by atoms with Crippen molar-refractivity contribution in [2.45, 2.75) is 59.6 Å². The average Bonchev–Trinajstić information content (AvgIpc) is 3.44. The van der Waals surface area contributed by atoms with Crippen LogP contribution < -0.4 is 19.5 Å². The molecule has 1 unspecified atom stereocenters. The summed E-state index contributed by atoms with van der Waals surface area (Å²) in [4.78, 5) is 25.9. The Morgan fingerprint density at radius 2 is 1.72 bits per heavy atom. The lowest BCUT2D eigenvalue weighted by molar-refractivity contribution is 0.0139. The second-order valence-corrected chi connectivity index (χ2v) is 11.8. The summed E-state index contributed by atoms with van der Waals surface area (Å²) < 4.78 is 35.4. The van der Waals surface area contributed by atoms with Crippen LogP contribution in [0.4, 0.5) is 9.18 Å². The number of amides is 2. The van der Waals surface area contributed by atoms with Gasteiger partial charge in [0.15, 0.2) is 11.5 Å². The fraction of sp³-hybridized carbons (Fsp3) is 0.412. The number of rotatable bonds is 6. The molecule has 3 aromatic carbocycles. The van der Waals surface area contributed by atoms with Gasteiger partial charge in [-0.25, -0.2) is 9.18 Å². The molecule has 1 saturated heterocycles. The van der Waals surface area contributed by atoms with Crippen LogP contribution in [0.1, 0.15) is 60.7 Å². The van der Waals surface area contributed by atoms with Crippen molar-refractivity contribution in [1.82, 2.24) is 10.2 Å². The number of piperidine rings is 1. The highest BCUT2D eigenvalue weighted by atomic mass is 19.1. The number of ether oxygens (including phenoxy) is 4. The van der Waals surface area contributed by atoms with E-state index in [1.165, 1.54) is 12.1 Å². The van der Waals surface area contributed by atoms with E-state index in [1.54, 1.807) is 17.0 Å². The molecular weight excluding hydrogens is 551 g/mol. The van der Waals surface area contributed by atoms with Gasteiger partial charge in [0.05, 0.1) is 12.2 Å². The molecule has 2 aliphatic heterocycles. The van der Waals surface area contributed by atoms with Gasteiger partial charge in [-0.1, -0.05) is 30.3 Å². The van der Waals surface area contributed by atoms with Crippen molar-refractivity contribution in [3.8, 4) is 17.2 Å². The van der Waals surface area contributed by atoms with Gasteiger partial charge in [0, 0.05) is 31.6 Å². The van der Waals surface area contributed by atoms with Gasteiger partial charge < -0.3 is 29.2 Å². The number of halogens is 1. The lowest BCUT2D eigenvalue weighted by Gasteiger charge is -2.34. The molecule has 8 nitrogen and oxygen atoms in total. The molecule has 2 aliphatic rings. The van der Waals surface area contributed by atoms with E-state index in [1.807, 2.05) is 71.0 Å². The van der Waals surface area contributed by atoms with E-state index >= 15 is 0 Å². The molecule has 1 atom stereocenters. The minimum atomic E-state index is -0.499. The Morgan fingerprint density at radius 1 is 1.00 bits per heavy atom. The molecule has 230 valence electrons. The zero-order chi connectivity index (χ0) is 31.0. The van der Waals surface area contributed by atoms with E-state index in [-0.39, 0.29) is 24.4 Å². The van der Waals surface area contributed by atoms with E-state index in [0.29, 0.717) is 31.4 Å². The molecule has 9 heteroatoms. The maximum atomic E-state index is 13.5. The average molecular weight is 593 g/mol. The van der Waals surface area contributed by atoms with E-state index in [4.69, 9.17) is 18.9 Å². The molecule has 1 fully saturated rings. The summed E-state index contributed by atoms with van der Waals surface area (Å²) in [5, 5.41) is 2.76. The summed E-state index contributed by atoms with van der Waals surface area (Å²) in [5.74, 6) is 1.63. The van der Waals surface area contributed by atoms with Gasteiger partial charge in [-0.15, -0.1) is 0 Å². The predicted octanol–water partition coefficient (Wildman–Crippen LogP) is 6.81. The fourth-order valence-corrected chi connectivity index (χ4v) is 4.91. The molecule has 43 heavy (non-hydrogen) atoms. The number of nitrogens with zero attached hydrogens (tertiary/aromatic N) is 1. The van der Waals surface area contributed by atoms with Gasteiger partial charge >= 0.3 is 6.09 Å². The van der Waals surface area contributed by atoms with Crippen LogP contribution >= 0.6 is 0 Å². The number of nitrogens with one attached hydrogen (secondary N) is 1. The lowest BCUT2D eigenvalue weighted by atomic mass is 9.99. The van der Waals surface area contributed by atoms with E-state index < -0.39 is 11.4 Å². The smallest absolute Gasteiger partial charge is 0.410 e. The minimum absolute atomic E-state index is 0.0775. The largest absolute Gasteiger partial charge is 0.493 e. The van der Waals surface area contributed by atoms with Crippen LogP contribution in [0.5, 0.6) is 17.2 Å². The Kier molecular flexibility index (Phi) is 10.5. The standard InChI is InChI=1S/C18H25NO5.C16H16FNO/c1-18(2,3)24-17(20)19-8-4-5-13(10-19)11-21-14-6-7-15-16(9-14)23-12-22-15;1-11-6-5-7-12(2)14(11)10-18-16(19)13-8-3-4-9-15(13)17/h6-7,9,13H,4-5,8,10-12H2,1-3H3;3-9H,10H2,1-2H3,(H,18,19). The van der Waals surface area contributed by atoms with Crippen molar-refractivity contribution >= 4 is 12.0 Å². The van der Waals surface area contributed by atoms with Crippen molar-refractivity contribution in [1.29, 1.82) is 0 Å². The quantitative estimate of drug-likeness (QED) is 0.338. The van der Waals surface area contributed by atoms with Crippen molar-refractivity contribution in [2.75, 3.05) is 26.5 Å². The zero-order valence-electron chi connectivity index (χ0n) is 25.6. The molecule has 0 saturated carbocycles. The van der Waals surface area contributed by atoms with Gasteiger partial charge in [0.2, 0.25) is 6.79 Å². The highest BCUT2D eigenvalue weighted by molar-refractivity contribution is 5.94. The van der Waals surface area contributed by atoms with Crippen LogP contribution in [-0.2, 0) is 11.3 Å². The number of carbonyl (C=O) groups excluding carboxylic acids is 2. The zero-order valence-corrected chi connectivity index (χ0v) is 25.6. The maximum Gasteiger partial charge on any atom is 0.410 e. The van der Waals surface area contributed by atoms with Crippen molar-refractivity contribution in [3.05, 3.63) is 88.7 Å². The third-order valence-electron chi connectivity index (χ3n) is 7.19. The molecule has 0 aromatic heterocycles. The first-order valence-corrected chi connectivity index (χ1v) is 14.6. The van der Waals surface area contributed by atoms with Crippen LogP contribution in [0.25, 0.3) is 0 Å². The topological polar surface area (TPSA) is 86.3 Å². The van der Waals surface area contributed by atoms with Crippen LogP contribution in [0.15, 0.2) is 60.7 Å². The fourth-order valence-electron chi connectivity index (χ4n) is 4.91. The van der Waals surface area contributed by atoms with Crippen molar-refractivity contribution < 1.29 is 32.9 Å². The summed E-state index contributed by atoms with van der Waals surface area (Å²) in [6.45, 7) is 12.3. The highest BCUT2D eigenvalue weighted by Gasteiger charge is 2.28. The van der Waals surface area contributed by atoms with E-state index in [9.17, 15) is 14.0 Å². The predicted molar refractivity (Wildman–Crippen MR) is 162 cm³/mol. The Labute approximate surface area is 253 Å². The summed E-state index contributed by atoms with van der Waals surface area (Å²) in [6, 6.07) is 17.5. The van der Waals surface area contributed by atoms with Gasteiger partial charge in [0.1, 0.15) is 17.2 Å². The molecule has 1 N–H and O–H groups in total. The minimum Gasteiger partial charge on any atom is -0.493 e. The Hall–Kier alpha value is -4.27. The second kappa shape index (κ2) is 14.3. The Balaban J connectivity index is 0.000000203. The molecule has 0 radical (unpaired) electrons. The number of fused-ring (bicyclic) bond motifs is 1. The number of hydrogen-bond acceptors (Lipinski definition) is 6. The lowest BCUT2D eigenvalue weighted by Crippen LogP contribution is -2.44. The van der Waals surface area contributed by atoms with E-state index in [2.05, 4.69) is 5.32 Å². The third kappa shape index (κ3) is 9.11. The third-order valence-corrected chi connectivity index (χ3v) is 7.19. The highest BCUT2D eigenvalue weighted by Crippen LogP contribution is 2.35. The van der Waals surface area contributed by atoms with Crippen LogP contribution in [0.2, 0.25) is 0 Å². The molecule has 0 spiro atoms. The number of hydrogen-bond donors (Lipinski definition) is 1. The molecule has 2 amide bonds. The van der Waals surface area contributed by atoms with Crippen molar-refractivity contribution in [3.63, 3.8) is 0 Å². The molecule has 0 bridgehead atoms. The van der Waals surface area contributed by atoms with Crippen LogP contribution in [0, 0.1) is 25.6 Å². The number of aryl methyl sites for hydroxylation is 2. The molecular formula is C34H41FN2O6. The summed E-state index contributed by atoms with van der Waals surface area (Å²) >= 11 is 0. The molecule has 5 rings (SSSR count). The Bertz CT molecular complexity index is 1400. The van der Waals surface area contributed by atoms with Gasteiger partial charge in [-0.05, 0) is 88.4 Å². The first kappa shape index (κ1) is 31.7. The van der Waals surface area contributed by atoms with Crippen LogP contribution in [0.3, 0.4) is 0 Å². The SMILES string of the molecule is CC(C)(C)OC(=O)N1CCCC(COc2ccc3c(c2)OCO3)C1.Cc1cccc(C)c1CNC(=O)c1ccccc1F. The number of likely N-dealkylation sites (tertiary alicyclic amines) is 1. The first-order valence-electron chi connectivity index (χ1n) is 14.6. The maximum absolute atomic E-state index is 13.5. The normalized spacial score (nSPS) is 15.7. The van der Waals surface area contributed by atoms with Gasteiger partial charge in [0.25, 0.3) is 5.91 Å². The monoisotopic (exact) mass is 592 g/mol. The van der Waals surface area contributed by atoms with E-state index in [0.717, 1.165) is 47.6 Å². The molecule has 2 heterocycles. The summed E-state index contributed by atoms with van der Waals surface area (Å²) in [5.41, 5.74) is 2.93. The van der Waals surface area contributed by atoms with Gasteiger partial charge in [-0.3, -0.25) is 4.79 Å². The van der Waals surface area contributed by atoms with Crippen molar-refractivity contribution in [2.24, 2.45) is 5.92 Å².